The predicted octanol–water partition coefficient (Wildman–Crippen LogP) is 2.81. The van der Waals surface area contributed by atoms with E-state index in [9.17, 15) is 9.90 Å². The topological polar surface area (TPSA) is 58.4 Å². The van der Waals surface area contributed by atoms with Crippen LogP contribution in [-0.2, 0) is 13.1 Å². The van der Waals surface area contributed by atoms with Crippen molar-refractivity contribution >= 4 is 0 Å². The third-order valence-corrected chi connectivity index (χ3v) is 6.30. The van der Waals surface area contributed by atoms with Gasteiger partial charge in [0.05, 0.1) is 17.8 Å². The largest absolute Gasteiger partial charge is 0.388 e. The normalized spacial score (nSPS) is 28.3. The fraction of sp³-hybridized carbons (Fsp3) is 0.545. The Hall–Kier alpha value is -1.98. The Morgan fingerprint density at radius 1 is 1.11 bits per heavy atom. The van der Waals surface area contributed by atoms with Gasteiger partial charge in [0.2, 0.25) is 0 Å². The summed E-state index contributed by atoms with van der Waals surface area (Å²) in [7, 11) is 0. The van der Waals surface area contributed by atoms with Gasteiger partial charge in [0.1, 0.15) is 0 Å². The van der Waals surface area contributed by atoms with Crippen molar-refractivity contribution in [1.29, 1.82) is 0 Å². The quantitative estimate of drug-likeness (QED) is 0.903. The average Bonchev–Trinajstić information content (AvgIpc) is 2.61. The Bertz CT molecular complexity index is 862. The average molecular weight is 367 g/mol. The smallest absolute Gasteiger partial charge is 0.266 e. The van der Waals surface area contributed by atoms with E-state index in [1.54, 1.807) is 12.1 Å². The van der Waals surface area contributed by atoms with Crippen molar-refractivity contribution in [2.24, 2.45) is 0 Å². The minimum absolute atomic E-state index is 0.137. The van der Waals surface area contributed by atoms with E-state index in [1.165, 1.54) is 22.2 Å². The lowest BCUT2D eigenvalue weighted by Gasteiger charge is -2.52. The molecule has 0 amide bonds. The van der Waals surface area contributed by atoms with Crippen LogP contribution in [0, 0.1) is 13.8 Å². The Balaban J connectivity index is 1.54. The molecule has 1 aromatic carbocycles. The van der Waals surface area contributed by atoms with Crippen LogP contribution in [-0.4, -0.2) is 37.5 Å². The number of hydrogen-bond acceptors (Lipinski definition) is 4. The first kappa shape index (κ1) is 18.4. The molecule has 2 aromatic rings. The van der Waals surface area contributed by atoms with E-state index in [1.807, 2.05) is 6.92 Å². The molecule has 0 spiro atoms. The van der Waals surface area contributed by atoms with E-state index >= 15 is 0 Å². The van der Waals surface area contributed by atoms with Crippen LogP contribution in [0.2, 0.25) is 0 Å². The lowest BCUT2D eigenvalue weighted by atomic mass is 9.75. The van der Waals surface area contributed by atoms with Crippen LogP contribution < -0.4 is 5.56 Å². The Kier molecular flexibility index (Phi) is 4.91. The number of piperidine rings is 2. The third-order valence-electron chi connectivity index (χ3n) is 6.30. The molecule has 5 nitrogen and oxygen atoms in total. The monoisotopic (exact) mass is 367 g/mol. The van der Waals surface area contributed by atoms with E-state index in [4.69, 9.17) is 0 Å². The SMILES string of the molecule is Cc1ccc(=O)n(CC2(O)C[C@@H]3CCC[C@@H](C2)N3Cc2ccccc2C)n1. The maximum absolute atomic E-state index is 12.2. The van der Waals surface area contributed by atoms with Gasteiger partial charge < -0.3 is 5.11 Å². The first-order valence-electron chi connectivity index (χ1n) is 10.0. The number of nitrogens with zero attached hydrogens (tertiary/aromatic N) is 3. The zero-order chi connectivity index (χ0) is 19.0. The van der Waals surface area contributed by atoms with Crippen LogP contribution in [0.3, 0.4) is 0 Å². The maximum atomic E-state index is 12.2. The van der Waals surface area contributed by atoms with Crippen molar-refractivity contribution in [2.45, 2.75) is 76.7 Å². The van der Waals surface area contributed by atoms with E-state index < -0.39 is 5.60 Å². The second kappa shape index (κ2) is 7.21. The number of hydrogen-bond donors (Lipinski definition) is 1. The number of benzene rings is 1. The molecule has 2 bridgehead atoms. The lowest BCUT2D eigenvalue weighted by Crippen LogP contribution is -2.59. The standard InChI is InChI=1S/C22H29N3O2/c1-16-6-3-4-7-18(16)14-24-19-8-5-9-20(24)13-22(27,12-19)15-25-21(26)11-10-17(2)23-25/h3-4,6-7,10-11,19-20,27H,5,8-9,12-15H2,1-2H3/t19-,20-/m0/s1. The predicted molar refractivity (Wildman–Crippen MR) is 106 cm³/mol. The van der Waals surface area contributed by atoms with Crippen molar-refractivity contribution in [3.8, 4) is 0 Å². The summed E-state index contributed by atoms with van der Waals surface area (Å²) in [5, 5.41) is 15.7. The minimum atomic E-state index is -0.859. The molecule has 2 aliphatic rings. The molecule has 1 N–H and O–H groups in total. The van der Waals surface area contributed by atoms with Gasteiger partial charge in [-0.15, -0.1) is 0 Å². The molecule has 2 atom stereocenters. The van der Waals surface area contributed by atoms with Crippen molar-refractivity contribution in [3.63, 3.8) is 0 Å². The Morgan fingerprint density at radius 2 is 1.81 bits per heavy atom. The minimum Gasteiger partial charge on any atom is -0.388 e. The molecule has 4 rings (SSSR count). The fourth-order valence-corrected chi connectivity index (χ4v) is 4.93. The van der Waals surface area contributed by atoms with Gasteiger partial charge in [-0.05, 0) is 56.7 Å². The van der Waals surface area contributed by atoms with Gasteiger partial charge >= 0.3 is 0 Å². The number of rotatable bonds is 4. The molecule has 2 aliphatic heterocycles. The summed E-state index contributed by atoms with van der Waals surface area (Å²) in [5.41, 5.74) is 2.50. The van der Waals surface area contributed by atoms with Crippen LogP contribution in [0.1, 0.15) is 48.9 Å². The molecule has 27 heavy (non-hydrogen) atoms. The summed E-state index contributed by atoms with van der Waals surface area (Å²) < 4.78 is 1.45. The first-order valence-corrected chi connectivity index (χ1v) is 10.0. The fourth-order valence-electron chi connectivity index (χ4n) is 4.93. The van der Waals surface area contributed by atoms with Gasteiger partial charge in [-0.25, -0.2) is 4.68 Å². The third kappa shape index (κ3) is 3.85. The number of aliphatic hydroxyl groups is 1. The molecule has 2 saturated heterocycles. The second-order valence-electron chi connectivity index (χ2n) is 8.44. The summed E-state index contributed by atoms with van der Waals surface area (Å²) in [6.07, 6.45) is 4.86. The molecular formula is C22H29N3O2. The molecule has 3 heterocycles. The number of aromatic nitrogens is 2. The Labute approximate surface area is 160 Å². The van der Waals surface area contributed by atoms with Crippen LogP contribution in [0.4, 0.5) is 0 Å². The van der Waals surface area contributed by atoms with Crippen LogP contribution in [0.5, 0.6) is 0 Å². The van der Waals surface area contributed by atoms with Crippen molar-refractivity contribution < 1.29 is 5.11 Å². The highest BCUT2D eigenvalue weighted by atomic mass is 16.3. The molecule has 1 aromatic heterocycles. The number of aryl methyl sites for hydroxylation is 2. The molecular weight excluding hydrogens is 338 g/mol. The zero-order valence-electron chi connectivity index (χ0n) is 16.3. The van der Waals surface area contributed by atoms with Gasteiger partial charge in [-0.3, -0.25) is 9.69 Å². The van der Waals surface area contributed by atoms with Crippen LogP contribution in [0.15, 0.2) is 41.2 Å². The van der Waals surface area contributed by atoms with Gasteiger partial charge in [0, 0.05) is 24.7 Å². The molecule has 144 valence electrons. The van der Waals surface area contributed by atoms with Gasteiger partial charge in [-0.2, -0.15) is 5.10 Å². The molecule has 0 unspecified atom stereocenters. The Morgan fingerprint density at radius 3 is 2.52 bits per heavy atom. The number of fused-ring (bicyclic) bond motifs is 2. The molecule has 2 fully saturated rings. The van der Waals surface area contributed by atoms with Crippen molar-refractivity contribution in [3.05, 3.63) is 63.6 Å². The van der Waals surface area contributed by atoms with E-state index in [0.29, 0.717) is 31.5 Å². The second-order valence-corrected chi connectivity index (χ2v) is 8.44. The highest BCUT2D eigenvalue weighted by Crippen LogP contribution is 2.40. The van der Waals surface area contributed by atoms with Crippen molar-refractivity contribution in [1.82, 2.24) is 14.7 Å². The summed E-state index contributed by atoms with van der Waals surface area (Å²) in [6.45, 7) is 5.28. The summed E-state index contributed by atoms with van der Waals surface area (Å²) in [5.74, 6) is 0. The lowest BCUT2D eigenvalue weighted by molar-refractivity contribution is -0.105. The summed E-state index contributed by atoms with van der Waals surface area (Å²) >= 11 is 0. The zero-order valence-corrected chi connectivity index (χ0v) is 16.3. The summed E-state index contributed by atoms with van der Waals surface area (Å²) in [6, 6.07) is 12.6. The van der Waals surface area contributed by atoms with Gasteiger partial charge in [0.15, 0.2) is 0 Å². The van der Waals surface area contributed by atoms with E-state index in [0.717, 1.165) is 25.1 Å². The van der Waals surface area contributed by atoms with Crippen LogP contribution in [0.25, 0.3) is 0 Å². The van der Waals surface area contributed by atoms with Gasteiger partial charge in [0.25, 0.3) is 5.56 Å². The van der Waals surface area contributed by atoms with Crippen LogP contribution >= 0.6 is 0 Å². The first-order chi connectivity index (χ1) is 12.9. The highest BCUT2D eigenvalue weighted by molar-refractivity contribution is 5.26. The maximum Gasteiger partial charge on any atom is 0.266 e. The van der Waals surface area contributed by atoms with E-state index in [-0.39, 0.29) is 5.56 Å². The van der Waals surface area contributed by atoms with E-state index in [2.05, 4.69) is 41.2 Å². The highest BCUT2D eigenvalue weighted by Gasteiger charge is 2.45. The molecule has 0 saturated carbocycles. The molecule has 0 radical (unpaired) electrons. The van der Waals surface area contributed by atoms with Gasteiger partial charge in [-0.1, -0.05) is 30.7 Å². The van der Waals surface area contributed by atoms with Crippen molar-refractivity contribution in [2.75, 3.05) is 0 Å². The molecule has 0 aliphatic carbocycles. The summed E-state index contributed by atoms with van der Waals surface area (Å²) in [4.78, 5) is 14.7. The molecule has 5 heteroatoms.